The van der Waals surface area contributed by atoms with Crippen LogP contribution in [0.15, 0.2) is 0 Å². The van der Waals surface area contributed by atoms with Gasteiger partial charge in [0.2, 0.25) is 0 Å². The van der Waals surface area contributed by atoms with Gasteiger partial charge in [-0.1, -0.05) is 6.92 Å². The number of ether oxygens (including phenoxy) is 1. The first-order valence-electron chi connectivity index (χ1n) is 4.62. The number of hydrogen-bond donors (Lipinski definition) is 1. The highest BCUT2D eigenvalue weighted by atomic mass is 19.1. The molecule has 0 aromatic carbocycles. The standard InChI is InChI=1S/C9H15FO3/c1-6-2-4-7(5-3-6)13-8(10)9(11)12/h6-8H,2-5H2,1H3,(H,11,12). The molecular weight excluding hydrogens is 175 g/mol. The molecule has 1 saturated carbocycles. The molecule has 13 heavy (non-hydrogen) atoms. The molecule has 1 aliphatic rings. The number of carboxylic acid groups (broad SMARTS) is 1. The van der Waals surface area contributed by atoms with Crippen molar-refractivity contribution in [3.05, 3.63) is 0 Å². The van der Waals surface area contributed by atoms with Gasteiger partial charge in [-0.3, -0.25) is 0 Å². The van der Waals surface area contributed by atoms with Gasteiger partial charge in [-0.15, -0.1) is 0 Å². The predicted octanol–water partition coefficient (Wildman–Crippen LogP) is 1.96. The number of aliphatic carboxylic acids is 1. The van der Waals surface area contributed by atoms with Gasteiger partial charge in [0.25, 0.3) is 6.36 Å². The molecule has 0 aromatic rings. The molecule has 0 radical (unpaired) electrons. The highest BCUT2D eigenvalue weighted by molar-refractivity contribution is 5.70. The molecule has 4 heteroatoms. The van der Waals surface area contributed by atoms with Gasteiger partial charge in [-0.05, 0) is 31.6 Å². The largest absolute Gasteiger partial charge is 0.477 e. The van der Waals surface area contributed by atoms with Gasteiger partial charge >= 0.3 is 5.97 Å². The van der Waals surface area contributed by atoms with Gasteiger partial charge < -0.3 is 9.84 Å². The molecule has 0 amide bonds. The van der Waals surface area contributed by atoms with Gasteiger partial charge in [-0.25, -0.2) is 9.18 Å². The van der Waals surface area contributed by atoms with Crippen LogP contribution < -0.4 is 0 Å². The van der Waals surface area contributed by atoms with Gasteiger partial charge in [0.15, 0.2) is 0 Å². The number of rotatable bonds is 3. The number of halogens is 1. The lowest BCUT2D eigenvalue weighted by Crippen LogP contribution is -2.28. The Morgan fingerprint density at radius 3 is 2.46 bits per heavy atom. The molecule has 76 valence electrons. The Morgan fingerprint density at radius 2 is 2.00 bits per heavy atom. The van der Waals surface area contributed by atoms with Crippen molar-refractivity contribution in [3.63, 3.8) is 0 Å². The number of carboxylic acids is 1. The predicted molar refractivity (Wildman–Crippen MR) is 45.0 cm³/mol. The average molecular weight is 190 g/mol. The molecule has 1 N–H and O–H groups in total. The maximum Gasteiger partial charge on any atom is 0.366 e. The molecule has 0 saturated heterocycles. The van der Waals surface area contributed by atoms with Gasteiger partial charge in [-0.2, -0.15) is 0 Å². The van der Waals surface area contributed by atoms with Crippen LogP contribution in [0, 0.1) is 5.92 Å². The summed E-state index contributed by atoms with van der Waals surface area (Å²) in [6, 6.07) is 0. The van der Waals surface area contributed by atoms with Crippen LogP contribution in [0.25, 0.3) is 0 Å². The second-order valence-corrected chi connectivity index (χ2v) is 3.67. The quantitative estimate of drug-likeness (QED) is 0.740. The summed E-state index contributed by atoms with van der Waals surface area (Å²) in [5, 5.41) is 8.26. The second-order valence-electron chi connectivity index (χ2n) is 3.67. The van der Waals surface area contributed by atoms with E-state index >= 15 is 0 Å². The number of alkyl halides is 1. The summed E-state index contributed by atoms with van der Waals surface area (Å²) < 4.78 is 17.3. The van der Waals surface area contributed by atoms with Crippen molar-refractivity contribution >= 4 is 5.97 Å². The fraction of sp³-hybridized carbons (Fsp3) is 0.889. The van der Waals surface area contributed by atoms with E-state index < -0.39 is 12.3 Å². The summed E-state index contributed by atoms with van der Waals surface area (Å²) in [4.78, 5) is 10.1. The molecule has 0 bridgehead atoms. The minimum atomic E-state index is -2.15. The monoisotopic (exact) mass is 190 g/mol. The van der Waals surface area contributed by atoms with Gasteiger partial charge in [0.05, 0.1) is 6.10 Å². The zero-order chi connectivity index (χ0) is 9.84. The van der Waals surface area contributed by atoms with E-state index in [0.29, 0.717) is 5.92 Å². The van der Waals surface area contributed by atoms with E-state index in [-0.39, 0.29) is 6.10 Å². The highest BCUT2D eigenvalue weighted by Gasteiger charge is 2.25. The van der Waals surface area contributed by atoms with Crippen molar-refractivity contribution in [2.45, 2.75) is 45.1 Å². The fourth-order valence-corrected chi connectivity index (χ4v) is 1.59. The molecule has 0 aromatic heterocycles. The molecule has 0 aliphatic heterocycles. The first-order chi connectivity index (χ1) is 6.09. The fourth-order valence-electron chi connectivity index (χ4n) is 1.59. The van der Waals surface area contributed by atoms with Crippen molar-refractivity contribution in [3.8, 4) is 0 Å². The Balaban J connectivity index is 2.26. The number of carbonyl (C=O) groups is 1. The van der Waals surface area contributed by atoms with Gasteiger partial charge in [0, 0.05) is 0 Å². The Bertz CT molecular complexity index is 176. The maximum absolute atomic E-state index is 12.6. The highest BCUT2D eigenvalue weighted by Crippen LogP contribution is 2.26. The van der Waals surface area contributed by atoms with Crippen molar-refractivity contribution in [2.24, 2.45) is 5.92 Å². The van der Waals surface area contributed by atoms with Crippen LogP contribution in [0.2, 0.25) is 0 Å². The lowest BCUT2D eigenvalue weighted by molar-refractivity contribution is -0.172. The maximum atomic E-state index is 12.6. The summed E-state index contributed by atoms with van der Waals surface area (Å²) in [5.74, 6) is -0.874. The van der Waals surface area contributed by atoms with Crippen molar-refractivity contribution in [1.82, 2.24) is 0 Å². The van der Waals surface area contributed by atoms with Crippen LogP contribution in [-0.2, 0) is 9.53 Å². The first kappa shape index (κ1) is 10.4. The van der Waals surface area contributed by atoms with Crippen LogP contribution in [0.3, 0.4) is 0 Å². The lowest BCUT2D eigenvalue weighted by Gasteiger charge is -2.26. The normalized spacial score (nSPS) is 31.2. The zero-order valence-electron chi connectivity index (χ0n) is 7.70. The minimum Gasteiger partial charge on any atom is -0.477 e. The van der Waals surface area contributed by atoms with Crippen LogP contribution in [0.4, 0.5) is 4.39 Å². The SMILES string of the molecule is CC1CCC(OC(F)C(=O)O)CC1. The first-order valence-corrected chi connectivity index (χ1v) is 4.62. The van der Waals surface area contributed by atoms with E-state index in [1.54, 1.807) is 0 Å². The molecule has 1 rings (SSSR count). The smallest absolute Gasteiger partial charge is 0.366 e. The zero-order valence-corrected chi connectivity index (χ0v) is 7.70. The van der Waals surface area contributed by atoms with Crippen LogP contribution in [0.5, 0.6) is 0 Å². The van der Waals surface area contributed by atoms with Crippen molar-refractivity contribution < 1.29 is 19.0 Å². The van der Waals surface area contributed by atoms with E-state index in [1.807, 2.05) is 0 Å². The minimum absolute atomic E-state index is 0.206. The van der Waals surface area contributed by atoms with Crippen molar-refractivity contribution in [2.75, 3.05) is 0 Å². The van der Waals surface area contributed by atoms with E-state index in [2.05, 4.69) is 6.92 Å². The Morgan fingerprint density at radius 1 is 1.46 bits per heavy atom. The van der Waals surface area contributed by atoms with E-state index in [9.17, 15) is 9.18 Å². The molecule has 0 spiro atoms. The summed E-state index contributed by atoms with van der Waals surface area (Å²) >= 11 is 0. The third-order valence-corrected chi connectivity index (χ3v) is 2.47. The van der Waals surface area contributed by atoms with Gasteiger partial charge in [0.1, 0.15) is 0 Å². The Hall–Kier alpha value is -0.640. The molecular formula is C9H15FO3. The molecule has 3 nitrogen and oxygen atoms in total. The lowest BCUT2D eigenvalue weighted by atomic mass is 9.89. The number of hydrogen-bond acceptors (Lipinski definition) is 2. The summed E-state index contributed by atoms with van der Waals surface area (Å²) in [7, 11) is 0. The average Bonchev–Trinajstić information content (AvgIpc) is 2.08. The third kappa shape index (κ3) is 3.30. The Labute approximate surface area is 76.9 Å². The molecule has 1 fully saturated rings. The third-order valence-electron chi connectivity index (χ3n) is 2.47. The van der Waals surface area contributed by atoms with Crippen LogP contribution in [0.1, 0.15) is 32.6 Å². The summed E-state index contributed by atoms with van der Waals surface area (Å²) in [5.41, 5.74) is 0. The topological polar surface area (TPSA) is 46.5 Å². The molecule has 1 atom stereocenters. The van der Waals surface area contributed by atoms with Crippen molar-refractivity contribution in [1.29, 1.82) is 0 Å². The molecule has 0 heterocycles. The van der Waals surface area contributed by atoms with E-state index in [0.717, 1.165) is 25.7 Å². The summed E-state index contributed by atoms with van der Waals surface area (Å²) in [6.07, 6.45) is 1.18. The molecule has 1 unspecified atom stereocenters. The molecule has 1 aliphatic carbocycles. The van der Waals surface area contributed by atoms with E-state index in [1.165, 1.54) is 0 Å². The van der Waals surface area contributed by atoms with E-state index in [4.69, 9.17) is 9.84 Å². The van der Waals surface area contributed by atoms with Crippen LogP contribution in [-0.4, -0.2) is 23.5 Å². The second kappa shape index (κ2) is 4.56. The van der Waals surface area contributed by atoms with Crippen LogP contribution >= 0.6 is 0 Å². The summed E-state index contributed by atoms with van der Waals surface area (Å²) in [6.45, 7) is 2.14. The Kier molecular flexibility index (Phi) is 3.66.